The van der Waals surface area contributed by atoms with Crippen molar-refractivity contribution < 1.29 is 33.8 Å². The smallest absolute Gasteiger partial charge is 0.337 e. The summed E-state index contributed by atoms with van der Waals surface area (Å²) < 4.78 is 10.8. The number of aromatic carboxylic acids is 1. The van der Waals surface area contributed by atoms with Crippen LogP contribution in [0.5, 0.6) is 11.5 Å². The van der Waals surface area contributed by atoms with Crippen LogP contribution in [0.4, 0.5) is 11.4 Å². The quantitative estimate of drug-likeness (QED) is 0.0863. The van der Waals surface area contributed by atoms with Crippen LogP contribution in [0, 0.1) is 0 Å². The van der Waals surface area contributed by atoms with Gasteiger partial charge in [-0.2, -0.15) is 0 Å². The minimum absolute atomic E-state index is 0.0476. The first-order valence-corrected chi connectivity index (χ1v) is 15.2. The molecule has 0 spiro atoms. The lowest BCUT2D eigenvalue weighted by Gasteiger charge is -2.10. The summed E-state index contributed by atoms with van der Waals surface area (Å²) in [6.45, 7) is 0.689. The Kier molecular flexibility index (Phi) is 10.6. The van der Waals surface area contributed by atoms with Crippen LogP contribution < -0.4 is 20.1 Å². The molecule has 9 nitrogen and oxygen atoms in total. The van der Waals surface area contributed by atoms with Gasteiger partial charge in [-0.15, -0.1) is 0 Å². The first-order valence-electron chi connectivity index (χ1n) is 14.4. The standard InChI is InChI=1S/C36H30N2O7S/c39-23-45-33-9-4-3-8-32(33)38-34(40)10-5-19-44-27-15-13-26-22-29(18-14-25(26)21-27)46-28-16-11-24(12-17-28)20-35(41)37-31-7-2-1-6-30(31)36(42)43/h1-4,6-9,11-18,21-23H,5,10,19-20H2,(H,37,41)(H,38,40)(H,42,43). The van der Waals surface area contributed by atoms with Gasteiger partial charge in [0.2, 0.25) is 11.8 Å². The normalized spacial score (nSPS) is 10.6. The Labute approximate surface area is 269 Å². The van der Waals surface area contributed by atoms with Crippen molar-refractivity contribution >= 4 is 58.2 Å². The molecule has 10 heteroatoms. The number of para-hydroxylation sites is 3. The van der Waals surface area contributed by atoms with Crippen molar-refractivity contribution in [2.75, 3.05) is 17.2 Å². The molecule has 0 radical (unpaired) electrons. The fourth-order valence-electron chi connectivity index (χ4n) is 4.68. The number of carboxylic acid groups (broad SMARTS) is 1. The molecular weight excluding hydrogens is 604 g/mol. The Morgan fingerprint density at radius 1 is 0.739 bits per heavy atom. The predicted octanol–water partition coefficient (Wildman–Crippen LogP) is 7.20. The monoisotopic (exact) mass is 634 g/mol. The Morgan fingerprint density at radius 3 is 2.20 bits per heavy atom. The van der Waals surface area contributed by atoms with Gasteiger partial charge in [-0.25, -0.2) is 4.79 Å². The van der Waals surface area contributed by atoms with Crippen molar-refractivity contribution in [3.63, 3.8) is 0 Å². The van der Waals surface area contributed by atoms with Crippen LogP contribution in [0.15, 0.2) is 119 Å². The molecule has 5 rings (SSSR count). The molecule has 0 aliphatic rings. The SMILES string of the molecule is O=COc1ccccc1NC(=O)CCCOc1ccc2cc(Sc3ccc(CC(=O)Nc4ccccc4C(=O)O)cc3)ccc2c1. The summed E-state index contributed by atoms with van der Waals surface area (Å²) in [5, 5.41) is 16.8. The molecule has 46 heavy (non-hydrogen) atoms. The number of ether oxygens (including phenoxy) is 2. The van der Waals surface area contributed by atoms with E-state index < -0.39 is 5.97 Å². The van der Waals surface area contributed by atoms with Crippen molar-refractivity contribution in [3.05, 3.63) is 120 Å². The van der Waals surface area contributed by atoms with Gasteiger partial charge in [0.15, 0.2) is 5.75 Å². The topological polar surface area (TPSA) is 131 Å². The summed E-state index contributed by atoms with van der Waals surface area (Å²) in [5.41, 5.74) is 1.57. The number of carbonyl (C=O) groups is 4. The minimum atomic E-state index is -1.10. The third kappa shape index (κ3) is 8.73. The summed E-state index contributed by atoms with van der Waals surface area (Å²) in [6.07, 6.45) is 0.885. The molecular formula is C36H30N2O7S. The third-order valence-corrected chi connectivity index (χ3v) is 7.89. The van der Waals surface area contributed by atoms with Crippen LogP contribution in [0.1, 0.15) is 28.8 Å². The fourth-order valence-corrected chi connectivity index (χ4v) is 5.55. The maximum Gasteiger partial charge on any atom is 0.337 e. The number of hydrogen-bond acceptors (Lipinski definition) is 7. The van der Waals surface area contributed by atoms with Crippen LogP contribution in [0.25, 0.3) is 10.8 Å². The second-order valence-electron chi connectivity index (χ2n) is 10.2. The highest BCUT2D eigenvalue weighted by Gasteiger charge is 2.12. The maximum atomic E-state index is 12.5. The average molecular weight is 635 g/mol. The molecule has 0 saturated heterocycles. The first-order chi connectivity index (χ1) is 22.4. The van der Waals surface area contributed by atoms with Crippen LogP contribution >= 0.6 is 11.8 Å². The number of hydrogen-bond donors (Lipinski definition) is 3. The molecule has 232 valence electrons. The summed E-state index contributed by atoms with van der Waals surface area (Å²) >= 11 is 1.61. The molecule has 0 heterocycles. The molecule has 2 amide bonds. The zero-order valence-corrected chi connectivity index (χ0v) is 25.4. The van der Waals surface area contributed by atoms with E-state index >= 15 is 0 Å². The molecule has 3 N–H and O–H groups in total. The lowest BCUT2D eigenvalue weighted by molar-refractivity contribution is -0.121. The molecule has 0 fully saturated rings. The summed E-state index contributed by atoms with van der Waals surface area (Å²) in [6, 6.07) is 32.8. The molecule has 0 unspecified atom stereocenters. The number of benzene rings is 5. The van der Waals surface area contributed by atoms with Crippen LogP contribution in [-0.2, 0) is 20.8 Å². The van der Waals surface area contributed by atoms with Gasteiger partial charge >= 0.3 is 5.97 Å². The number of amides is 2. The average Bonchev–Trinajstić information content (AvgIpc) is 3.05. The summed E-state index contributed by atoms with van der Waals surface area (Å²) in [5.74, 6) is -0.584. The zero-order chi connectivity index (χ0) is 32.3. The molecule has 0 aliphatic heterocycles. The van der Waals surface area contributed by atoms with E-state index in [9.17, 15) is 24.3 Å². The number of nitrogens with one attached hydrogen (secondary N) is 2. The Balaban J connectivity index is 1.09. The molecule has 0 bridgehead atoms. The van der Waals surface area contributed by atoms with E-state index in [1.54, 1.807) is 54.2 Å². The lowest BCUT2D eigenvalue weighted by Crippen LogP contribution is -2.16. The van der Waals surface area contributed by atoms with Crippen molar-refractivity contribution in [1.82, 2.24) is 0 Å². The van der Waals surface area contributed by atoms with E-state index in [1.165, 1.54) is 6.07 Å². The Morgan fingerprint density at radius 2 is 1.41 bits per heavy atom. The highest BCUT2D eigenvalue weighted by Crippen LogP contribution is 2.32. The van der Waals surface area contributed by atoms with Crippen LogP contribution in [0.3, 0.4) is 0 Å². The highest BCUT2D eigenvalue weighted by molar-refractivity contribution is 7.99. The maximum absolute atomic E-state index is 12.5. The van der Waals surface area contributed by atoms with E-state index in [-0.39, 0.29) is 35.9 Å². The van der Waals surface area contributed by atoms with E-state index in [4.69, 9.17) is 9.47 Å². The van der Waals surface area contributed by atoms with E-state index in [2.05, 4.69) is 16.7 Å². The van der Waals surface area contributed by atoms with E-state index in [0.717, 1.165) is 26.1 Å². The van der Waals surface area contributed by atoms with Gasteiger partial charge in [-0.05, 0) is 83.4 Å². The largest absolute Gasteiger partial charge is 0.494 e. The molecule has 5 aromatic rings. The van der Waals surface area contributed by atoms with Crippen molar-refractivity contribution in [2.45, 2.75) is 29.1 Å². The van der Waals surface area contributed by atoms with Gasteiger partial charge in [0.25, 0.3) is 6.47 Å². The second-order valence-corrected chi connectivity index (χ2v) is 11.3. The molecule has 0 atom stereocenters. The van der Waals surface area contributed by atoms with Gasteiger partial charge in [0.1, 0.15) is 5.75 Å². The third-order valence-electron chi connectivity index (χ3n) is 6.89. The zero-order valence-electron chi connectivity index (χ0n) is 24.6. The Hall–Kier alpha value is -5.61. The van der Waals surface area contributed by atoms with Gasteiger partial charge in [0.05, 0.1) is 30.0 Å². The Bertz CT molecular complexity index is 1870. The number of carbonyl (C=O) groups excluding carboxylic acids is 3. The summed E-state index contributed by atoms with van der Waals surface area (Å²) in [7, 11) is 0. The van der Waals surface area contributed by atoms with Crippen LogP contribution in [0.2, 0.25) is 0 Å². The van der Waals surface area contributed by atoms with Gasteiger partial charge < -0.3 is 25.2 Å². The number of fused-ring (bicyclic) bond motifs is 1. The van der Waals surface area contributed by atoms with E-state index in [1.807, 2.05) is 54.6 Å². The second kappa shape index (κ2) is 15.4. The van der Waals surface area contributed by atoms with Gasteiger partial charge in [-0.1, -0.05) is 60.3 Å². The van der Waals surface area contributed by atoms with Crippen molar-refractivity contribution in [1.29, 1.82) is 0 Å². The minimum Gasteiger partial charge on any atom is -0.494 e. The van der Waals surface area contributed by atoms with Crippen molar-refractivity contribution in [3.8, 4) is 11.5 Å². The fraction of sp³-hybridized carbons (Fsp3) is 0.111. The predicted molar refractivity (Wildman–Crippen MR) is 177 cm³/mol. The van der Waals surface area contributed by atoms with E-state index in [0.29, 0.717) is 36.7 Å². The molecule has 0 aromatic heterocycles. The highest BCUT2D eigenvalue weighted by atomic mass is 32.2. The summed E-state index contributed by atoms with van der Waals surface area (Å²) in [4.78, 5) is 49.0. The molecule has 5 aromatic carbocycles. The van der Waals surface area contributed by atoms with Crippen molar-refractivity contribution in [2.24, 2.45) is 0 Å². The van der Waals surface area contributed by atoms with Gasteiger partial charge in [0, 0.05) is 16.2 Å². The number of anilines is 2. The number of carboxylic acids is 1. The van der Waals surface area contributed by atoms with Gasteiger partial charge in [-0.3, -0.25) is 14.4 Å². The number of rotatable bonds is 14. The first kappa shape index (κ1) is 31.8. The van der Waals surface area contributed by atoms with Crippen LogP contribution in [-0.4, -0.2) is 36.0 Å². The lowest BCUT2D eigenvalue weighted by atomic mass is 10.1. The molecule has 0 saturated carbocycles. The molecule has 0 aliphatic carbocycles.